The third kappa shape index (κ3) is 13.7. The van der Waals surface area contributed by atoms with Gasteiger partial charge in [-0.3, -0.25) is 0 Å². The van der Waals surface area contributed by atoms with Crippen molar-refractivity contribution in [1.82, 2.24) is 0 Å². The fourth-order valence-electron chi connectivity index (χ4n) is 2.58. The molecule has 0 aliphatic rings. The standard InChI is InChI=1S/C21H36/c1-5-8-10-11-12-13-15-17-20(4)19-21(16-7-3)18-14-9-6-2/h5-6,13,15-16,20H,1-2,7-12,14,17-19H2,3-4H3. The predicted octanol–water partition coefficient (Wildman–Crippen LogP) is 7.40. The van der Waals surface area contributed by atoms with Crippen molar-refractivity contribution < 1.29 is 0 Å². The van der Waals surface area contributed by atoms with Gasteiger partial charge in [-0.2, -0.15) is 0 Å². The Bertz CT molecular complexity index is 306. The molecule has 0 fully saturated rings. The van der Waals surface area contributed by atoms with Crippen molar-refractivity contribution in [3.8, 4) is 0 Å². The highest BCUT2D eigenvalue weighted by molar-refractivity contribution is 5.03. The fraction of sp³-hybridized carbons (Fsp3) is 0.619. The van der Waals surface area contributed by atoms with Crippen LogP contribution < -0.4 is 0 Å². The monoisotopic (exact) mass is 288 g/mol. The van der Waals surface area contributed by atoms with Gasteiger partial charge < -0.3 is 0 Å². The first-order chi connectivity index (χ1) is 10.2. The molecule has 0 radical (unpaired) electrons. The summed E-state index contributed by atoms with van der Waals surface area (Å²) in [6.07, 6.45) is 23.4. The Morgan fingerprint density at radius 3 is 2.29 bits per heavy atom. The van der Waals surface area contributed by atoms with Crippen molar-refractivity contribution in [2.24, 2.45) is 5.92 Å². The SMILES string of the molecule is C=CCCCCC=CCC(C)CC(=CCC)CCCC=C. The van der Waals surface area contributed by atoms with Crippen LogP contribution in [0.25, 0.3) is 0 Å². The minimum atomic E-state index is 0.760. The van der Waals surface area contributed by atoms with Gasteiger partial charge in [0.1, 0.15) is 0 Å². The molecule has 0 aliphatic heterocycles. The average molecular weight is 289 g/mol. The molecule has 0 amide bonds. The van der Waals surface area contributed by atoms with Crippen molar-refractivity contribution in [2.75, 3.05) is 0 Å². The van der Waals surface area contributed by atoms with Crippen LogP contribution in [0.5, 0.6) is 0 Å². The normalized spacial score (nSPS) is 13.5. The molecule has 0 spiro atoms. The first-order valence-electron chi connectivity index (χ1n) is 8.79. The van der Waals surface area contributed by atoms with Gasteiger partial charge in [-0.05, 0) is 70.1 Å². The lowest BCUT2D eigenvalue weighted by Crippen LogP contribution is -1.96. The van der Waals surface area contributed by atoms with Crippen LogP contribution in [0.2, 0.25) is 0 Å². The van der Waals surface area contributed by atoms with E-state index in [1.165, 1.54) is 44.9 Å². The number of hydrogen-bond acceptors (Lipinski definition) is 0. The van der Waals surface area contributed by atoms with E-state index in [2.05, 4.69) is 45.2 Å². The summed E-state index contributed by atoms with van der Waals surface area (Å²) in [6, 6.07) is 0. The topological polar surface area (TPSA) is 0 Å². The van der Waals surface area contributed by atoms with Crippen LogP contribution in [-0.2, 0) is 0 Å². The zero-order valence-electron chi connectivity index (χ0n) is 14.4. The van der Waals surface area contributed by atoms with E-state index in [0.29, 0.717) is 0 Å². The fourth-order valence-corrected chi connectivity index (χ4v) is 2.58. The van der Waals surface area contributed by atoms with E-state index in [4.69, 9.17) is 0 Å². The summed E-state index contributed by atoms with van der Waals surface area (Å²) >= 11 is 0. The largest absolute Gasteiger partial charge is 0.103 e. The average Bonchev–Trinajstić information content (AvgIpc) is 2.47. The second-order valence-corrected chi connectivity index (χ2v) is 6.04. The van der Waals surface area contributed by atoms with Crippen LogP contribution in [0, 0.1) is 5.92 Å². The van der Waals surface area contributed by atoms with Crippen molar-refractivity contribution >= 4 is 0 Å². The first-order valence-corrected chi connectivity index (χ1v) is 8.79. The van der Waals surface area contributed by atoms with E-state index >= 15 is 0 Å². The maximum Gasteiger partial charge on any atom is -0.0291 e. The lowest BCUT2D eigenvalue weighted by atomic mass is 9.94. The Balaban J connectivity index is 3.88. The first kappa shape index (κ1) is 20.0. The van der Waals surface area contributed by atoms with Gasteiger partial charge in [0.2, 0.25) is 0 Å². The van der Waals surface area contributed by atoms with E-state index in [-0.39, 0.29) is 0 Å². The second-order valence-electron chi connectivity index (χ2n) is 6.04. The van der Waals surface area contributed by atoms with Gasteiger partial charge in [0.15, 0.2) is 0 Å². The Labute approximate surface area is 133 Å². The van der Waals surface area contributed by atoms with Crippen molar-refractivity contribution in [3.63, 3.8) is 0 Å². The molecule has 120 valence electrons. The van der Waals surface area contributed by atoms with Crippen molar-refractivity contribution in [1.29, 1.82) is 0 Å². The molecule has 0 aromatic heterocycles. The van der Waals surface area contributed by atoms with Gasteiger partial charge in [0.25, 0.3) is 0 Å². The zero-order chi connectivity index (χ0) is 15.8. The van der Waals surface area contributed by atoms with E-state index in [9.17, 15) is 0 Å². The van der Waals surface area contributed by atoms with E-state index < -0.39 is 0 Å². The summed E-state index contributed by atoms with van der Waals surface area (Å²) in [5, 5.41) is 0. The highest BCUT2D eigenvalue weighted by Gasteiger charge is 2.04. The summed E-state index contributed by atoms with van der Waals surface area (Å²) in [6.45, 7) is 12.2. The van der Waals surface area contributed by atoms with Crippen LogP contribution in [-0.4, -0.2) is 0 Å². The van der Waals surface area contributed by atoms with Gasteiger partial charge in [-0.1, -0.05) is 49.8 Å². The molecule has 1 unspecified atom stereocenters. The van der Waals surface area contributed by atoms with Crippen LogP contribution in [0.4, 0.5) is 0 Å². The summed E-state index contributed by atoms with van der Waals surface area (Å²) < 4.78 is 0. The lowest BCUT2D eigenvalue weighted by molar-refractivity contribution is 0.567. The quantitative estimate of drug-likeness (QED) is 0.231. The maximum absolute atomic E-state index is 3.81. The molecule has 21 heavy (non-hydrogen) atoms. The maximum atomic E-state index is 3.81. The van der Waals surface area contributed by atoms with Crippen LogP contribution >= 0.6 is 0 Å². The molecule has 0 N–H and O–H groups in total. The number of rotatable bonds is 14. The lowest BCUT2D eigenvalue weighted by Gasteiger charge is -2.12. The molecule has 0 nitrogen and oxygen atoms in total. The van der Waals surface area contributed by atoms with Crippen LogP contribution in [0.1, 0.15) is 78.1 Å². The molecule has 0 heteroatoms. The molecule has 0 aromatic carbocycles. The molecular weight excluding hydrogens is 252 g/mol. The minimum absolute atomic E-state index is 0.760. The van der Waals surface area contributed by atoms with Gasteiger partial charge in [0, 0.05) is 0 Å². The Kier molecular flexibility index (Phi) is 14.6. The Hall–Kier alpha value is -1.04. The highest BCUT2D eigenvalue weighted by atomic mass is 14.1. The summed E-state index contributed by atoms with van der Waals surface area (Å²) in [5.41, 5.74) is 1.64. The highest BCUT2D eigenvalue weighted by Crippen LogP contribution is 2.21. The molecule has 1 atom stereocenters. The minimum Gasteiger partial charge on any atom is -0.103 e. The molecule has 0 saturated heterocycles. The molecule has 0 saturated carbocycles. The summed E-state index contributed by atoms with van der Waals surface area (Å²) in [5.74, 6) is 0.760. The second kappa shape index (κ2) is 15.4. The van der Waals surface area contributed by atoms with Gasteiger partial charge in [-0.25, -0.2) is 0 Å². The summed E-state index contributed by atoms with van der Waals surface area (Å²) in [7, 11) is 0. The van der Waals surface area contributed by atoms with E-state index in [1.807, 2.05) is 12.2 Å². The third-order valence-electron chi connectivity index (χ3n) is 3.74. The molecule has 0 heterocycles. The zero-order valence-corrected chi connectivity index (χ0v) is 14.4. The van der Waals surface area contributed by atoms with Crippen LogP contribution in [0.3, 0.4) is 0 Å². The van der Waals surface area contributed by atoms with E-state index in [1.54, 1.807) is 5.57 Å². The number of unbranched alkanes of at least 4 members (excludes halogenated alkanes) is 4. The smallest absolute Gasteiger partial charge is 0.0291 e. The van der Waals surface area contributed by atoms with Crippen LogP contribution in [0.15, 0.2) is 49.1 Å². The molecular formula is C21H36. The van der Waals surface area contributed by atoms with E-state index in [0.717, 1.165) is 25.2 Å². The Morgan fingerprint density at radius 1 is 0.952 bits per heavy atom. The third-order valence-corrected chi connectivity index (χ3v) is 3.74. The molecule has 0 rings (SSSR count). The predicted molar refractivity (Wildman–Crippen MR) is 98.6 cm³/mol. The molecule has 0 aliphatic carbocycles. The van der Waals surface area contributed by atoms with Gasteiger partial charge >= 0.3 is 0 Å². The molecule has 0 bridgehead atoms. The Morgan fingerprint density at radius 2 is 1.62 bits per heavy atom. The number of allylic oxidation sites excluding steroid dienone is 6. The van der Waals surface area contributed by atoms with Gasteiger partial charge in [0.05, 0.1) is 0 Å². The number of hydrogen-bond donors (Lipinski definition) is 0. The summed E-state index contributed by atoms with van der Waals surface area (Å²) in [4.78, 5) is 0. The molecule has 0 aromatic rings. The van der Waals surface area contributed by atoms with Crippen molar-refractivity contribution in [3.05, 3.63) is 49.1 Å². The van der Waals surface area contributed by atoms with Gasteiger partial charge in [-0.15, -0.1) is 13.2 Å². The van der Waals surface area contributed by atoms with Crippen molar-refractivity contribution in [2.45, 2.75) is 78.1 Å².